The summed E-state index contributed by atoms with van der Waals surface area (Å²) in [6.45, 7) is 0.431. The van der Waals surface area contributed by atoms with E-state index in [9.17, 15) is 4.79 Å². The van der Waals surface area contributed by atoms with Crippen molar-refractivity contribution in [2.45, 2.75) is 5.92 Å². The minimum Gasteiger partial charge on any atom is -0.495 e. The van der Waals surface area contributed by atoms with Crippen molar-refractivity contribution in [3.63, 3.8) is 0 Å². The van der Waals surface area contributed by atoms with Gasteiger partial charge in [-0.3, -0.25) is 4.98 Å². The molecule has 0 saturated carbocycles. The zero-order valence-electron chi connectivity index (χ0n) is 17.0. The summed E-state index contributed by atoms with van der Waals surface area (Å²) >= 11 is 0. The molecule has 2 aromatic heterocycles. The lowest BCUT2D eigenvalue weighted by molar-refractivity contribution is 0.251. The molecule has 0 fully saturated rings. The molecule has 4 rings (SSSR count). The molecule has 2 heterocycles. The molecule has 30 heavy (non-hydrogen) atoms. The molecular formula is C24H24N4O2. The number of nitrogens with one attached hydrogen (secondary N) is 2. The van der Waals surface area contributed by atoms with Gasteiger partial charge in [-0.15, -0.1) is 0 Å². The molecule has 0 saturated heterocycles. The number of benzene rings is 2. The maximum atomic E-state index is 12.6. The number of methoxy groups -OCH3 is 1. The molecule has 1 unspecified atom stereocenters. The predicted octanol–water partition coefficient (Wildman–Crippen LogP) is 4.54. The number of anilines is 1. The van der Waals surface area contributed by atoms with Gasteiger partial charge in [0.05, 0.1) is 12.8 Å². The number of aryl methyl sites for hydroxylation is 1. The Morgan fingerprint density at radius 3 is 2.70 bits per heavy atom. The molecular weight excluding hydrogens is 376 g/mol. The molecule has 152 valence electrons. The van der Waals surface area contributed by atoms with Crippen molar-refractivity contribution < 1.29 is 9.53 Å². The van der Waals surface area contributed by atoms with E-state index in [1.54, 1.807) is 13.3 Å². The van der Waals surface area contributed by atoms with Crippen LogP contribution in [0, 0.1) is 0 Å². The summed E-state index contributed by atoms with van der Waals surface area (Å²) in [5.74, 6) is 0.582. The average Bonchev–Trinajstić information content (AvgIpc) is 3.12. The maximum absolute atomic E-state index is 12.6. The lowest BCUT2D eigenvalue weighted by atomic mass is 9.92. The van der Waals surface area contributed by atoms with Crippen LogP contribution in [-0.4, -0.2) is 29.2 Å². The van der Waals surface area contributed by atoms with E-state index in [-0.39, 0.29) is 11.9 Å². The van der Waals surface area contributed by atoms with Crippen LogP contribution in [-0.2, 0) is 7.05 Å². The van der Waals surface area contributed by atoms with Gasteiger partial charge in [0, 0.05) is 49.0 Å². The Balaban J connectivity index is 1.59. The third-order valence-corrected chi connectivity index (χ3v) is 5.21. The number of rotatable bonds is 6. The summed E-state index contributed by atoms with van der Waals surface area (Å²) in [6.07, 6.45) is 5.74. The van der Waals surface area contributed by atoms with Gasteiger partial charge < -0.3 is 19.9 Å². The molecule has 0 aliphatic heterocycles. The molecule has 0 radical (unpaired) electrons. The van der Waals surface area contributed by atoms with Crippen molar-refractivity contribution in [3.05, 3.63) is 90.4 Å². The van der Waals surface area contributed by atoms with E-state index >= 15 is 0 Å². The fourth-order valence-corrected chi connectivity index (χ4v) is 3.75. The Kier molecular flexibility index (Phi) is 5.66. The first kappa shape index (κ1) is 19.5. The summed E-state index contributed by atoms with van der Waals surface area (Å²) in [5, 5.41) is 7.04. The van der Waals surface area contributed by atoms with Crippen molar-refractivity contribution in [3.8, 4) is 5.75 Å². The van der Waals surface area contributed by atoms with E-state index in [0.717, 1.165) is 16.6 Å². The number of fused-ring (bicyclic) bond motifs is 1. The number of nitrogens with zero attached hydrogens (tertiary/aromatic N) is 2. The third kappa shape index (κ3) is 3.98. The van der Waals surface area contributed by atoms with E-state index in [4.69, 9.17) is 4.74 Å². The van der Waals surface area contributed by atoms with E-state index in [0.29, 0.717) is 18.0 Å². The van der Waals surface area contributed by atoms with Crippen LogP contribution in [0.25, 0.3) is 10.9 Å². The molecule has 2 amide bonds. The first-order valence-electron chi connectivity index (χ1n) is 9.79. The van der Waals surface area contributed by atoms with Crippen LogP contribution in [0.2, 0.25) is 0 Å². The first-order chi connectivity index (χ1) is 14.7. The number of ether oxygens (including phenoxy) is 1. The Hall–Kier alpha value is -3.80. The number of hydrogen-bond acceptors (Lipinski definition) is 3. The molecule has 0 bridgehead atoms. The molecule has 2 aromatic carbocycles. The molecule has 0 aliphatic rings. The van der Waals surface area contributed by atoms with Crippen LogP contribution in [0.1, 0.15) is 17.0 Å². The Labute approximate surface area is 175 Å². The van der Waals surface area contributed by atoms with Crippen LogP contribution in [0.5, 0.6) is 5.75 Å². The monoisotopic (exact) mass is 400 g/mol. The number of carbonyl (C=O) groups is 1. The zero-order chi connectivity index (χ0) is 20.9. The minimum atomic E-state index is -0.284. The van der Waals surface area contributed by atoms with Crippen molar-refractivity contribution >= 4 is 22.6 Å². The number of aromatic nitrogens is 2. The van der Waals surface area contributed by atoms with Gasteiger partial charge in [-0.2, -0.15) is 0 Å². The molecule has 0 aliphatic carbocycles. The topological polar surface area (TPSA) is 68.2 Å². The summed E-state index contributed by atoms with van der Waals surface area (Å²) < 4.78 is 7.42. The van der Waals surface area contributed by atoms with Crippen LogP contribution in [0.4, 0.5) is 10.5 Å². The quantitative estimate of drug-likeness (QED) is 0.499. The van der Waals surface area contributed by atoms with Gasteiger partial charge in [-0.25, -0.2) is 4.79 Å². The molecule has 6 nitrogen and oxygen atoms in total. The molecule has 0 spiro atoms. The van der Waals surface area contributed by atoms with Gasteiger partial charge in [-0.1, -0.05) is 36.4 Å². The summed E-state index contributed by atoms with van der Waals surface area (Å²) in [6, 6.07) is 19.3. The highest BCUT2D eigenvalue weighted by Crippen LogP contribution is 2.31. The second kappa shape index (κ2) is 8.69. The second-order valence-corrected chi connectivity index (χ2v) is 7.09. The van der Waals surface area contributed by atoms with Gasteiger partial charge in [0.1, 0.15) is 5.75 Å². The fourth-order valence-electron chi connectivity index (χ4n) is 3.75. The highest BCUT2D eigenvalue weighted by atomic mass is 16.5. The molecule has 4 aromatic rings. The maximum Gasteiger partial charge on any atom is 0.319 e. The standard InChI is InChI=1S/C24H24N4O2/c1-28-16-20(18-9-3-5-11-22(18)28)19(17-8-7-13-25-14-17)15-26-24(29)27-21-10-4-6-12-23(21)30-2/h3-14,16,19H,15H2,1-2H3,(H2,26,27,29). The first-order valence-corrected chi connectivity index (χ1v) is 9.79. The van der Waals surface area contributed by atoms with Crippen molar-refractivity contribution in [1.82, 2.24) is 14.9 Å². The number of pyridine rings is 1. The Morgan fingerprint density at radius 2 is 1.90 bits per heavy atom. The normalized spacial score (nSPS) is 11.8. The van der Waals surface area contributed by atoms with Gasteiger partial charge in [0.2, 0.25) is 0 Å². The number of para-hydroxylation sites is 3. The van der Waals surface area contributed by atoms with Crippen LogP contribution in [0.3, 0.4) is 0 Å². The van der Waals surface area contributed by atoms with E-state index in [2.05, 4.69) is 38.5 Å². The van der Waals surface area contributed by atoms with E-state index < -0.39 is 0 Å². The highest BCUT2D eigenvalue weighted by molar-refractivity contribution is 5.91. The summed E-state index contributed by atoms with van der Waals surface area (Å²) in [5.41, 5.74) is 3.98. The zero-order valence-corrected chi connectivity index (χ0v) is 17.0. The summed E-state index contributed by atoms with van der Waals surface area (Å²) in [4.78, 5) is 16.9. The second-order valence-electron chi connectivity index (χ2n) is 7.09. The van der Waals surface area contributed by atoms with E-state index in [1.807, 2.05) is 61.8 Å². The number of carbonyl (C=O) groups excluding carboxylic acids is 1. The lowest BCUT2D eigenvalue weighted by Gasteiger charge is -2.18. The molecule has 2 N–H and O–H groups in total. The van der Waals surface area contributed by atoms with Crippen LogP contribution < -0.4 is 15.4 Å². The van der Waals surface area contributed by atoms with Crippen LogP contribution in [0.15, 0.2) is 79.3 Å². The fraction of sp³-hybridized carbons (Fsp3) is 0.167. The van der Waals surface area contributed by atoms with Crippen molar-refractivity contribution in [1.29, 1.82) is 0 Å². The summed E-state index contributed by atoms with van der Waals surface area (Å²) in [7, 11) is 3.62. The van der Waals surface area contributed by atoms with Gasteiger partial charge >= 0.3 is 6.03 Å². The molecule has 1 atom stereocenters. The average molecular weight is 400 g/mol. The van der Waals surface area contributed by atoms with Crippen molar-refractivity contribution in [2.75, 3.05) is 19.0 Å². The smallest absolute Gasteiger partial charge is 0.319 e. The predicted molar refractivity (Wildman–Crippen MR) is 119 cm³/mol. The minimum absolute atomic E-state index is 0.0341. The molecule has 6 heteroatoms. The van der Waals surface area contributed by atoms with Crippen molar-refractivity contribution in [2.24, 2.45) is 7.05 Å². The SMILES string of the molecule is COc1ccccc1NC(=O)NCC(c1cccnc1)c1cn(C)c2ccccc12. The number of hydrogen-bond donors (Lipinski definition) is 2. The highest BCUT2D eigenvalue weighted by Gasteiger charge is 2.20. The van der Waals surface area contributed by atoms with E-state index in [1.165, 1.54) is 5.39 Å². The van der Waals surface area contributed by atoms with Crippen LogP contribution >= 0.6 is 0 Å². The third-order valence-electron chi connectivity index (χ3n) is 5.21. The van der Waals surface area contributed by atoms with Gasteiger partial charge in [0.25, 0.3) is 0 Å². The lowest BCUT2D eigenvalue weighted by Crippen LogP contribution is -2.32. The Bertz CT molecular complexity index is 1150. The van der Waals surface area contributed by atoms with Gasteiger partial charge in [0.15, 0.2) is 0 Å². The number of amides is 2. The largest absolute Gasteiger partial charge is 0.495 e. The van der Waals surface area contributed by atoms with Gasteiger partial charge in [-0.05, 0) is 35.4 Å². The number of urea groups is 1. The Morgan fingerprint density at radius 1 is 1.10 bits per heavy atom.